The number of phenols is 1. The Bertz CT molecular complexity index is 1120. The maximum atomic E-state index is 12.8. The molecule has 2 aromatic carbocycles. The summed E-state index contributed by atoms with van der Waals surface area (Å²) < 4.78 is 1.31. The molecule has 0 unspecified atom stereocenters. The van der Waals surface area contributed by atoms with Crippen LogP contribution in [0.25, 0.3) is 10.9 Å². The highest BCUT2D eigenvalue weighted by atomic mass is 16.3. The van der Waals surface area contributed by atoms with Crippen LogP contribution in [0.3, 0.4) is 0 Å². The molecule has 30 heavy (non-hydrogen) atoms. The summed E-state index contributed by atoms with van der Waals surface area (Å²) in [6, 6.07) is 11.8. The Morgan fingerprint density at radius 1 is 1.10 bits per heavy atom. The molecule has 5 heteroatoms. The largest absolute Gasteiger partial charge is 0.506 e. The number of nitrogens with one attached hydrogen (secondary N) is 1. The van der Waals surface area contributed by atoms with Crippen molar-refractivity contribution in [3.05, 3.63) is 74.6 Å². The van der Waals surface area contributed by atoms with Crippen molar-refractivity contribution in [2.45, 2.75) is 58.7 Å². The third-order valence-corrected chi connectivity index (χ3v) is 6.32. The second-order valence-electron chi connectivity index (χ2n) is 8.31. The van der Waals surface area contributed by atoms with E-state index in [1.54, 1.807) is 19.1 Å². The van der Waals surface area contributed by atoms with Crippen LogP contribution in [0.2, 0.25) is 0 Å². The summed E-state index contributed by atoms with van der Waals surface area (Å²) in [5, 5.41) is 25.4. The molecule has 158 valence electrons. The molecule has 1 heterocycles. The number of aliphatic hydroxyl groups is 1. The number of fused-ring (bicyclic) bond motifs is 2. The quantitative estimate of drug-likeness (QED) is 0.587. The average Bonchev–Trinajstić information content (AvgIpc) is 3.14. The number of phenolic OH excluding ortho intramolecular Hbond substituents is 1. The monoisotopic (exact) mass is 406 g/mol. The lowest BCUT2D eigenvalue weighted by molar-refractivity contribution is 0.0998. The number of hydrogen-bond donors (Lipinski definition) is 3. The van der Waals surface area contributed by atoms with Crippen molar-refractivity contribution in [1.82, 2.24) is 9.88 Å². The standard InChI is InChI=1S/C25H30N2O3/c1-4-16-10-19-12-21(13-20(19)11-17(16)5-2)26-14-23(29)27-24-18(7-6-8-22(24)28)9-15(3)25(27)30/h6-11,21,23,26,28-29H,4-5,12-14H2,1-3H3/t23-/m0/s1. The zero-order chi connectivity index (χ0) is 21.4. The molecule has 0 radical (unpaired) electrons. The molecule has 0 bridgehead atoms. The van der Waals surface area contributed by atoms with Gasteiger partial charge in [-0.1, -0.05) is 38.1 Å². The van der Waals surface area contributed by atoms with Crippen LogP contribution in [0, 0.1) is 6.92 Å². The Labute approximate surface area is 177 Å². The van der Waals surface area contributed by atoms with Crippen molar-refractivity contribution in [2.75, 3.05) is 6.54 Å². The smallest absolute Gasteiger partial charge is 0.256 e. The van der Waals surface area contributed by atoms with Crippen molar-refractivity contribution in [2.24, 2.45) is 0 Å². The van der Waals surface area contributed by atoms with Crippen LogP contribution < -0.4 is 10.9 Å². The van der Waals surface area contributed by atoms with E-state index in [4.69, 9.17) is 0 Å². The first-order valence-corrected chi connectivity index (χ1v) is 10.8. The van der Waals surface area contributed by atoms with Gasteiger partial charge in [-0.3, -0.25) is 9.36 Å². The first-order chi connectivity index (χ1) is 14.4. The SMILES string of the molecule is CCc1cc2c(cc1CC)CC(NC[C@H](O)n1c(=O)c(C)cc3cccc(O)c31)C2. The summed E-state index contributed by atoms with van der Waals surface area (Å²) in [7, 11) is 0. The van der Waals surface area contributed by atoms with Gasteiger partial charge in [0.05, 0.1) is 5.52 Å². The molecular formula is C25H30N2O3. The highest BCUT2D eigenvalue weighted by Gasteiger charge is 2.24. The molecule has 0 amide bonds. The number of aryl methyl sites for hydroxylation is 3. The number of benzene rings is 2. The van der Waals surface area contributed by atoms with Crippen LogP contribution in [-0.4, -0.2) is 27.4 Å². The molecule has 4 rings (SSSR count). The molecule has 0 aliphatic heterocycles. The van der Waals surface area contributed by atoms with E-state index in [1.165, 1.54) is 32.9 Å². The number of rotatable bonds is 6. The molecule has 1 atom stereocenters. The Kier molecular flexibility index (Phi) is 5.67. The zero-order valence-electron chi connectivity index (χ0n) is 17.9. The minimum Gasteiger partial charge on any atom is -0.506 e. The zero-order valence-corrected chi connectivity index (χ0v) is 17.9. The fourth-order valence-electron chi connectivity index (χ4n) is 4.74. The van der Waals surface area contributed by atoms with Gasteiger partial charge in [0.2, 0.25) is 0 Å². The lowest BCUT2D eigenvalue weighted by Crippen LogP contribution is -2.38. The summed E-state index contributed by atoms with van der Waals surface area (Å²) >= 11 is 0. The van der Waals surface area contributed by atoms with Crippen LogP contribution in [0.15, 0.2) is 41.2 Å². The number of hydrogen-bond acceptors (Lipinski definition) is 4. The predicted molar refractivity (Wildman–Crippen MR) is 120 cm³/mol. The third kappa shape index (κ3) is 3.64. The van der Waals surface area contributed by atoms with Gasteiger partial charge in [0, 0.05) is 23.5 Å². The average molecular weight is 407 g/mol. The van der Waals surface area contributed by atoms with Crippen LogP contribution in [0.1, 0.15) is 47.9 Å². The van der Waals surface area contributed by atoms with Gasteiger partial charge in [-0.05, 0) is 67.0 Å². The van der Waals surface area contributed by atoms with Gasteiger partial charge in [-0.2, -0.15) is 0 Å². The van der Waals surface area contributed by atoms with Crippen molar-refractivity contribution in [1.29, 1.82) is 0 Å². The summed E-state index contributed by atoms with van der Waals surface area (Å²) in [5.74, 6) is -0.00360. The van der Waals surface area contributed by atoms with Crippen molar-refractivity contribution in [3.8, 4) is 5.75 Å². The fraction of sp³-hybridized carbons (Fsp3) is 0.400. The van der Waals surface area contributed by atoms with Gasteiger partial charge < -0.3 is 15.5 Å². The summed E-state index contributed by atoms with van der Waals surface area (Å²) in [4.78, 5) is 12.8. The molecule has 3 aromatic rings. The molecule has 1 aliphatic carbocycles. The van der Waals surface area contributed by atoms with E-state index >= 15 is 0 Å². The number of nitrogens with zero attached hydrogens (tertiary/aromatic N) is 1. The number of pyridine rings is 1. The normalized spacial score (nSPS) is 14.9. The fourth-order valence-corrected chi connectivity index (χ4v) is 4.74. The molecule has 0 spiro atoms. The molecule has 3 N–H and O–H groups in total. The number of aromatic nitrogens is 1. The van der Waals surface area contributed by atoms with Crippen molar-refractivity contribution in [3.63, 3.8) is 0 Å². The maximum absolute atomic E-state index is 12.8. The number of aromatic hydroxyl groups is 1. The molecule has 1 aliphatic rings. The Hall–Kier alpha value is -2.63. The Morgan fingerprint density at radius 3 is 2.33 bits per heavy atom. The lowest BCUT2D eigenvalue weighted by atomic mass is 9.97. The van der Waals surface area contributed by atoms with E-state index in [9.17, 15) is 15.0 Å². The Morgan fingerprint density at radius 2 is 1.73 bits per heavy atom. The van der Waals surface area contributed by atoms with E-state index in [0.717, 1.165) is 31.1 Å². The molecule has 5 nitrogen and oxygen atoms in total. The molecule has 0 saturated carbocycles. The summed E-state index contributed by atoms with van der Waals surface area (Å²) in [6.07, 6.45) is 2.87. The van der Waals surface area contributed by atoms with Crippen LogP contribution in [0.5, 0.6) is 5.75 Å². The minimum atomic E-state index is -1.06. The van der Waals surface area contributed by atoms with E-state index < -0.39 is 6.23 Å². The predicted octanol–water partition coefficient (Wildman–Crippen LogP) is 3.39. The van der Waals surface area contributed by atoms with Gasteiger partial charge in [0.15, 0.2) is 0 Å². The van der Waals surface area contributed by atoms with E-state index in [-0.39, 0.29) is 23.9 Å². The third-order valence-electron chi connectivity index (χ3n) is 6.32. The highest BCUT2D eigenvalue weighted by Crippen LogP contribution is 2.28. The van der Waals surface area contributed by atoms with E-state index in [2.05, 4.69) is 31.3 Å². The highest BCUT2D eigenvalue weighted by molar-refractivity contribution is 5.85. The van der Waals surface area contributed by atoms with Gasteiger partial charge in [-0.25, -0.2) is 0 Å². The van der Waals surface area contributed by atoms with E-state index in [0.29, 0.717) is 11.1 Å². The first-order valence-electron chi connectivity index (χ1n) is 10.8. The van der Waals surface area contributed by atoms with Crippen LogP contribution in [0.4, 0.5) is 0 Å². The molecule has 1 aromatic heterocycles. The topological polar surface area (TPSA) is 74.5 Å². The number of para-hydroxylation sites is 1. The van der Waals surface area contributed by atoms with Crippen LogP contribution >= 0.6 is 0 Å². The maximum Gasteiger partial charge on any atom is 0.256 e. The van der Waals surface area contributed by atoms with Crippen molar-refractivity contribution >= 4 is 10.9 Å². The molecule has 0 fully saturated rings. The second kappa shape index (κ2) is 8.25. The summed E-state index contributed by atoms with van der Waals surface area (Å²) in [5.41, 5.74) is 6.24. The van der Waals surface area contributed by atoms with Gasteiger partial charge in [0.25, 0.3) is 5.56 Å². The first kappa shape index (κ1) is 20.6. The number of aliphatic hydroxyl groups excluding tert-OH is 1. The minimum absolute atomic E-state index is 0.00360. The van der Waals surface area contributed by atoms with Gasteiger partial charge >= 0.3 is 0 Å². The van der Waals surface area contributed by atoms with Gasteiger partial charge in [0.1, 0.15) is 12.0 Å². The lowest BCUT2D eigenvalue weighted by Gasteiger charge is -2.21. The molecule has 0 saturated heterocycles. The van der Waals surface area contributed by atoms with Crippen molar-refractivity contribution < 1.29 is 10.2 Å². The summed E-state index contributed by atoms with van der Waals surface area (Å²) in [6.45, 7) is 6.36. The van der Waals surface area contributed by atoms with E-state index in [1.807, 2.05) is 6.07 Å². The van der Waals surface area contributed by atoms with Crippen LogP contribution in [-0.2, 0) is 25.7 Å². The molecular weight excluding hydrogens is 376 g/mol. The van der Waals surface area contributed by atoms with Gasteiger partial charge in [-0.15, -0.1) is 0 Å². The second-order valence-corrected chi connectivity index (χ2v) is 8.31. The Balaban J connectivity index is 1.54.